The molecule has 0 radical (unpaired) electrons. The lowest BCUT2D eigenvalue weighted by Crippen LogP contribution is -2.51. The van der Waals surface area contributed by atoms with Crippen LogP contribution in [0.5, 0.6) is 0 Å². The number of allylic oxidation sites excluding steroid dienone is 4. The van der Waals surface area contributed by atoms with Crippen molar-refractivity contribution in [3.8, 4) is 0 Å². The maximum Gasteiger partial charge on any atom is 0.189 e. The molecule has 2 nitrogen and oxygen atoms in total. The van der Waals surface area contributed by atoms with Crippen molar-refractivity contribution in [2.75, 3.05) is 0 Å². The molecule has 0 aromatic rings. The molecule has 0 aromatic carbocycles. The van der Waals surface area contributed by atoms with Crippen molar-refractivity contribution in [3.05, 3.63) is 23.8 Å². The van der Waals surface area contributed by atoms with Gasteiger partial charge in [0.05, 0.1) is 0 Å². The summed E-state index contributed by atoms with van der Waals surface area (Å²) in [6, 6.07) is 0. The van der Waals surface area contributed by atoms with Gasteiger partial charge in [0, 0.05) is 16.7 Å². The lowest BCUT2D eigenvalue weighted by molar-refractivity contribution is -0.135. The Bertz CT molecular complexity index is 607. The second-order valence-corrected chi connectivity index (χ2v) is 8.74. The molecule has 0 amide bonds. The molecule has 4 rings (SSSR count). The minimum absolute atomic E-state index is 0.0711. The normalized spacial score (nSPS) is 48.0. The van der Waals surface area contributed by atoms with Crippen molar-refractivity contribution >= 4 is 24.0 Å². The predicted octanol–water partition coefficient (Wildman–Crippen LogP) is 4.37. The van der Waals surface area contributed by atoms with E-state index in [4.69, 9.17) is 0 Å². The Kier molecular flexibility index (Phi) is 3.64. The van der Waals surface area contributed by atoms with Gasteiger partial charge < -0.3 is 4.79 Å². The van der Waals surface area contributed by atoms with Crippen molar-refractivity contribution in [2.24, 2.45) is 34.5 Å². The van der Waals surface area contributed by atoms with Crippen LogP contribution in [0.4, 0.5) is 0 Å². The van der Waals surface area contributed by atoms with Crippen molar-refractivity contribution in [1.82, 2.24) is 0 Å². The van der Waals surface area contributed by atoms with Gasteiger partial charge in [0.25, 0.3) is 0 Å². The highest BCUT2D eigenvalue weighted by Crippen LogP contribution is 2.65. The average molecular weight is 330 g/mol. The summed E-state index contributed by atoms with van der Waals surface area (Å²) in [5.74, 6) is 1.44. The largest absolute Gasteiger partial charge is 0.303 e. The summed E-state index contributed by atoms with van der Waals surface area (Å²) in [4.78, 5) is 24.1. The average Bonchev–Trinajstić information content (AvgIpc) is 2.94. The van der Waals surface area contributed by atoms with Gasteiger partial charge in [-0.15, -0.1) is 12.6 Å². The molecule has 0 aromatic heterocycles. The van der Waals surface area contributed by atoms with E-state index in [-0.39, 0.29) is 16.4 Å². The molecule has 3 saturated carbocycles. The van der Waals surface area contributed by atoms with Crippen LogP contribution >= 0.6 is 12.6 Å². The van der Waals surface area contributed by atoms with Crippen LogP contribution in [0.2, 0.25) is 0 Å². The zero-order valence-electron chi connectivity index (χ0n) is 13.8. The number of fused-ring (bicyclic) bond motifs is 5. The fourth-order valence-electron chi connectivity index (χ4n) is 6.65. The zero-order valence-corrected chi connectivity index (χ0v) is 14.7. The number of thiol groups is 1. The van der Waals surface area contributed by atoms with Crippen molar-refractivity contribution in [3.63, 3.8) is 0 Å². The summed E-state index contributed by atoms with van der Waals surface area (Å²) in [5.41, 5.74) is 1.37. The van der Waals surface area contributed by atoms with Gasteiger partial charge in [-0.1, -0.05) is 30.7 Å². The first-order valence-corrected chi connectivity index (χ1v) is 9.54. The van der Waals surface area contributed by atoms with Gasteiger partial charge in [-0.05, 0) is 62.7 Å². The topological polar surface area (TPSA) is 34.1 Å². The van der Waals surface area contributed by atoms with Gasteiger partial charge >= 0.3 is 0 Å². The molecule has 0 N–H and O–H groups in total. The van der Waals surface area contributed by atoms with Gasteiger partial charge in [-0.3, -0.25) is 4.79 Å². The highest BCUT2D eigenvalue weighted by molar-refractivity contribution is 7.96. The molecule has 4 aliphatic rings. The van der Waals surface area contributed by atoms with E-state index >= 15 is 0 Å². The number of carbonyl (C=O) groups excluding carboxylic acids is 2. The van der Waals surface area contributed by atoms with E-state index in [9.17, 15) is 9.59 Å². The standard InChI is InChI=1S/C20H26O2S/c1-19-10-3-2-4-13(19)5-6-14-15(19)9-11-20(12-21)16(14)7-8-17(20)18(22)23/h3-4,10,12,14-17H,2,5-9,11H2,1H3,(H,22,23)/t14-,15+,16+,17?,19+,20-/m1/s1. The second-order valence-electron chi connectivity index (χ2n) is 8.30. The van der Waals surface area contributed by atoms with E-state index in [2.05, 4.69) is 37.8 Å². The van der Waals surface area contributed by atoms with Gasteiger partial charge in [-0.25, -0.2) is 0 Å². The summed E-state index contributed by atoms with van der Waals surface area (Å²) >= 11 is 4.11. The Hall–Kier alpha value is -0.830. The number of hydrogen-bond acceptors (Lipinski definition) is 2. The molecular formula is C20H26O2S. The fraction of sp³-hybridized carbons (Fsp3) is 0.700. The van der Waals surface area contributed by atoms with Gasteiger partial charge in [-0.2, -0.15) is 0 Å². The number of hydrogen-bond donors (Lipinski definition) is 1. The first-order valence-electron chi connectivity index (χ1n) is 9.09. The number of rotatable bonds is 2. The van der Waals surface area contributed by atoms with Crippen LogP contribution in [0.3, 0.4) is 0 Å². The monoisotopic (exact) mass is 330 g/mol. The van der Waals surface area contributed by atoms with E-state index in [0.717, 1.165) is 44.8 Å². The molecule has 4 aliphatic carbocycles. The van der Waals surface area contributed by atoms with Crippen LogP contribution in [0.25, 0.3) is 0 Å². The van der Waals surface area contributed by atoms with Crippen LogP contribution in [-0.4, -0.2) is 11.4 Å². The van der Waals surface area contributed by atoms with Gasteiger partial charge in [0.1, 0.15) is 6.29 Å². The molecule has 124 valence electrons. The van der Waals surface area contributed by atoms with Crippen LogP contribution in [-0.2, 0) is 9.59 Å². The molecule has 3 heteroatoms. The summed E-state index contributed by atoms with van der Waals surface area (Å²) in [5, 5.41) is -0.0711. The molecule has 0 saturated heterocycles. The third-order valence-corrected chi connectivity index (χ3v) is 8.03. The third kappa shape index (κ3) is 2.01. The number of aldehydes is 1. The highest BCUT2D eigenvalue weighted by atomic mass is 32.1. The van der Waals surface area contributed by atoms with Crippen molar-refractivity contribution in [1.29, 1.82) is 0 Å². The van der Waals surface area contributed by atoms with Crippen molar-refractivity contribution < 1.29 is 9.59 Å². The first-order chi connectivity index (χ1) is 11.0. The smallest absolute Gasteiger partial charge is 0.189 e. The predicted molar refractivity (Wildman–Crippen MR) is 94.1 cm³/mol. The summed E-state index contributed by atoms with van der Waals surface area (Å²) in [6.45, 7) is 2.40. The molecular weight excluding hydrogens is 304 g/mol. The Morgan fingerprint density at radius 3 is 2.83 bits per heavy atom. The van der Waals surface area contributed by atoms with Crippen LogP contribution in [0.1, 0.15) is 51.9 Å². The number of carbonyl (C=O) groups is 2. The minimum atomic E-state index is -0.421. The lowest BCUT2D eigenvalue weighted by Gasteiger charge is -2.56. The van der Waals surface area contributed by atoms with Crippen molar-refractivity contribution in [2.45, 2.75) is 51.9 Å². The molecule has 0 bridgehead atoms. The maximum absolute atomic E-state index is 12.1. The van der Waals surface area contributed by atoms with E-state index in [1.807, 2.05) is 0 Å². The van der Waals surface area contributed by atoms with E-state index < -0.39 is 5.41 Å². The molecule has 3 fully saturated rings. The van der Waals surface area contributed by atoms with Crippen LogP contribution < -0.4 is 0 Å². The lowest BCUT2D eigenvalue weighted by atomic mass is 9.48. The Morgan fingerprint density at radius 2 is 2.09 bits per heavy atom. The molecule has 6 atom stereocenters. The maximum atomic E-state index is 12.1. The van der Waals surface area contributed by atoms with E-state index in [1.54, 1.807) is 5.57 Å². The minimum Gasteiger partial charge on any atom is -0.303 e. The highest BCUT2D eigenvalue weighted by Gasteiger charge is 2.61. The quantitative estimate of drug-likeness (QED) is 0.463. The molecule has 1 unspecified atom stereocenters. The third-order valence-electron chi connectivity index (χ3n) is 7.72. The Balaban J connectivity index is 1.71. The van der Waals surface area contributed by atoms with Crippen LogP contribution in [0.15, 0.2) is 23.8 Å². The summed E-state index contributed by atoms with van der Waals surface area (Å²) < 4.78 is 0. The van der Waals surface area contributed by atoms with Gasteiger partial charge in [0.15, 0.2) is 5.12 Å². The van der Waals surface area contributed by atoms with Gasteiger partial charge in [0.2, 0.25) is 0 Å². The van der Waals surface area contributed by atoms with E-state index in [1.165, 1.54) is 6.42 Å². The molecule has 0 heterocycles. The molecule has 23 heavy (non-hydrogen) atoms. The van der Waals surface area contributed by atoms with E-state index in [0.29, 0.717) is 17.8 Å². The van der Waals surface area contributed by atoms with Crippen LogP contribution in [0, 0.1) is 34.5 Å². The molecule has 0 spiro atoms. The molecule has 0 aliphatic heterocycles. The Morgan fingerprint density at radius 1 is 1.26 bits per heavy atom. The second kappa shape index (κ2) is 5.34. The summed E-state index contributed by atoms with van der Waals surface area (Å²) in [7, 11) is 0. The summed E-state index contributed by atoms with van der Waals surface area (Å²) in [6.07, 6.45) is 15.5. The first kappa shape index (κ1) is 15.7. The SMILES string of the molecule is C[C@]12C=CCC=C1CC[C@@H]1[C@@H]2CC[C@]2(C=O)C(C(=O)S)CC[C@@H]12. The fourth-order valence-corrected chi connectivity index (χ4v) is 7.02. The zero-order chi connectivity index (χ0) is 16.2. The Labute approximate surface area is 144 Å².